The third-order valence-electron chi connectivity index (χ3n) is 5.55. The van der Waals surface area contributed by atoms with Gasteiger partial charge in [-0.15, -0.1) is 0 Å². The van der Waals surface area contributed by atoms with E-state index in [1.165, 1.54) is 0 Å². The van der Waals surface area contributed by atoms with Gasteiger partial charge in [-0.25, -0.2) is 4.99 Å². The lowest BCUT2D eigenvalue weighted by Crippen LogP contribution is -2.24. The fourth-order valence-electron chi connectivity index (χ4n) is 3.74. The number of H-pyrrole nitrogens is 1. The van der Waals surface area contributed by atoms with E-state index in [0.29, 0.717) is 29.9 Å². The molecule has 4 rings (SSSR count). The zero-order valence-electron chi connectivity index (χ0n) is 18.6. The number of hydrogen-bond donors (Lipinski definition) is 4. The Morgan fingerprint density at radius 1 is 1.03 bits per heavy atom. The minimum atomic E-state index is -0.132. The molecular formula is C27H28N4O2. The average molecular weight is 441 g/mol. The van der Waals surface area contributed by atoms with Gasteiger partial charge in [0.2, 0.25) is 0 Å². The molecule has 0 saturated heterocycles. The van der Waals surface area contributed by atoms with E-state index < -0.39 is 0 Å². The highest BCUT2D eigenvalue weighted by molar-refractivity contribution is 6.22. The Morgan fingerprint density at radius 3 is 2.48 bits per heavy atom. The molecule has 168 valence electrons. The van der Waals surface area contributed by atoms with Gasteiger partial charge < -0.3 is 21.1 Å². The molecule has 0 aliphatic heterocycles. The second-order valence-electron chi connectivity index (χ2n) is 7.92. The van der Waals surface area contributed by atoms with Crippen molar-refractivity contribution in [3.63, 3.8) is 0 Å². The summed E-state index contributed by atoms with van der Waals surface area (Å²) in [5, 5.41) is 14.6. The fraction of sp³-hybridized carbons (Fsp3) is 0.185. The number of aliphatic imine (C=N–C) groups is 1. The summed E-state index contributed by atoms with van der Waals surface area (Å²) in [6.45, 7) is 3.18. The van der Waals surface area contributed by atoms with Gasteiger partial charge in [0.25, 0.3) is 5.91 Å². The number of nitrogens with zero attached hydrogens (tertiary/aromatic N) is 1. The fourth-order valence-corrected chi connectivity index (χ4v) is 3.74. The van der Waals surface area contributed by atoms with Gasteiger partial charge in [-0.05, 0) is 42.3 Å². The summed E-state index contributed by atoms with van der Waals surface area (Å²) < 4.78 is 0. The molecule has 1 amide bonds. The lowest BCUT2D eigenvalue weighted by Gasteiger charge is -2.09. The topological polar surface area (TPSA) is 104 Å². The van der Waals surface area contributed by atoms with Crippen LogP contribution in [0, 0.1) is 0 Å². The molecule has 0 fully saturated rings. The Morgan fingerprint density at radius 2 is 1.79 bits per heavy atom. The van der Waals surface area contributed by atoms with Crippen LogP contribution in [-0.2, 0) is 6.54 Å². The van der Waals surface area contributed by atoms with Crippen molar-refractivity contribution in [2.45, 2.75) is 26.3 Å². The van der Waals surface area contributed by atoms with Crippen LogP contribution in [0.15, 0.2) is 77.8 Å². The Kier molecular flexibility index (Phi) is 6.86. The van der Waals surface area contributed by atoms with Gasteiger partial charge in [-0.3, -0.25) is 4.79 Å². The molecule has 0 aliphatic rings. The molecular weight excluding hydrogens is 412 g/mol. The molecule has 1 heterocycles. The molecule has 6 nitrogen and oxygen atoms in total. The zero-order chi connectivity index (χ0) is 23.2. The van der Waals surface area contributed by atoms with Crippen LogP contribution in [0.3, 0.4) is 0 Å². The number of nitrogens with two attached hydrogens (primary N) is 1. The summed E-state index contributed by atoms with van der Waals surface area (Å²) >= 11 is 0. The standard InChI is InChI=1S/C27H28N4O2/c1-2-3-15-29-26(32)20-11-14-23-22(16-20)24(27(33)31-23)25(19-7-5-4-6-8-19)30-21-12-9-18(17-28)10-13-21/h4-14,16,31,33H,2-3,15,17,28H2,1H3,(H,29,32). The van der Waals surface area contributed by atoms with Gasteiger partial charge in [0, 0.05) is 35.1 Å². The summed E-state index contributed by atoms with van der Waals surface area (Å²) in [7, 11) is 0. The summed E-state index contributed by atoms with van der Waals surface area (Å²) in [4.78, 5) is 20.6. The predicted octanol–water partition coefficient (Wildman–Crippen LogP) is 5.03. The van der Waals surface area contributed by atoms with Crippen molar-refractivity contribution in [1.82, 2.24) is 10.3 Å². The molecule has 4 aromatic rings. The van der Waals surface area contributed by atoms with Crippen molar-refractivity contribution in [3.8, 4) is 5.88 Å². The number of aromatic hydroxyl groups is 1. The maximum atomic E-state index is 12.6. The molecule has 0 atom stereocenters. The first kappa shape index (κ1) is 22.3. The SMILES string of the molecule is CCCCNC(=O)c1ccc2[nH]c(O)c(C(=Nc3ccc(CN)cc3)c3ccccc3)c2c1. The highest BCUT2D eigenvalue weighted by atomic mass is 16.3. The summed E-state index contributed by atoms with van der Waals surface area (Å²) in [5.74, 6) is -0.123. The molecule has 0 saturated carbocycles. The Balaban J connectivity index is 1.83. The van der Waals surface area contributed by atoms with Crippen LogP contribution in [-0.4, -0.2) is 28.3 Å². The second-order valence-corrected chi connectivity index (χ2v) is 7.92. The number of carbonyl (C=O) groups is 1. The van der Waals surface area contributed by atoms with Gasteiger partial charge in [0.1, 0.15) is 0 Å². The van der Waals surface area contributed by atoms with E-state index in [1.54, 1.807) is 12.1 Å². The number of nitrogens with one attached hydrogen (secondary N) is 2. The third kappa shape index (κ3) is 4.96. The monoisotopic (exact) mass is 440 g/mol. The summed E-state index contributed by atoms with van der Waals surface area (Å²) in [5.41, 5.74) is 10.8. The highest BCUT2D eigenvalue weighted by Crippen LogP contribution is 2.32. The van der Waals surface area contributed by atoms with E-state index in [-0.39, 0.29) is 11.8 Å². The largest absolute Gasteiger partial charge is 0.494 e. The van der Waals surface area contributed by atoms with E-state index in [9.17, 15) is 9.90 Å². The zero-order valence-corrected chi connectivity index (χ0v) is 18.6. The number of benzene rings is 3. The molecule has 0 bridgehead atoms. The number of fused-ring (bicyclic) bond motifs is 1. The molecule has 0 spiro atoms. The number of unbranched alkanes of at least 4 members (excludes halogenated alkanes) is 1. The first-order valence-electron chi connectivity index (χ1n) is 11.2. The first-order chi connectivity index (χ1) is 16.1. The van der Waals surface area contributed by atoms with E-state index in [2.05, 4.69) is 17.2 Å². The minimum absolute atomic E-state index is 0.00900. The van der Waals surface area contributed by atoms with Crippen molar-refractivity contribution in [2.75, 3.05) is 6.54 Å². The van der Waals surface area contributed by atoms with Gasteiger partial charge in [-0.1, -0.05) is 55.8 Å². The van der Waals surface area contributed by atoms with Crippen molar-refractivity contribution in [3.05, 3.63) is 95.1 Å². The number of hydrogen-bond acceptors (Lipinski definition) is 4. The number of aromatic amines is 1. The van der Waals surface area contributed by atoms with Crippen LogP contribution < -0.4 is 11.1 Å². The van der Waals surface area contributed by atoms with Gasteiger partial charge in [0.15, 0.2) is 5.88 Å². The molecule has 0 aliphatic carbocycles. The smallest absolute Gasteiger partial charge is 0.251 e. The van der Waals surface area contributed by atoms with E-state index >= 15 is 0 Å². The van der Waals surface area contributed by atoms with Crippen LogP contribution in [0.4, 0.5) is 5.69 Å². The van der Waals surface area contributed by atoms with Crippen LogP contribution in [0.1, 0.15) is 46.8 Å². The maximum Gasteiger partial charge on any atom is 0.251 e. The molecule has 5 N–H and O–H groups in total. The van der Waals surface area contributed by atoms with Crippen molar-refractivity contribution in [1.29, 1.82) is 0 Å². The highest BCUT2D eigenvalue weighted by Gasteiger charge is 2.20. The predicted molar refractivity (Wildman–Crippen MR) is 133 cm³/mol. The van der Waals surface area contributed by atoms with Gasteiger partial charge in [-0.2, -0.15) is 0 Å². The van der Waals surface area contributed by atoms with Crippen LogP contribution in [0.5, 0.6) is 5.88 Å². The first-order valence-corrected chi connectivity index (χ1v) is 11.2. The molecule has 1 aromatic heterocycles. The molecule has 0 radical (unpaired) electrons. The number of rotatable bonds is 8. The van der Waals surface area contributed by atoms with Crippen molar-refractivity contribution >= 4 is 28.2 Å². The number of aromatic nitrogens is 1. The van der Waals surface area contributed by atoms with E-state index in [1.807, 2.05) is 60.7 Å². The average Bonchev–Trinajstić information content (AvgIpc) is 3.18. The van der Waals surface area contributed by atoms with E-state index in [4.69, 9.17) is 10.7 Å². The maximum absolute atomic E-state index is 12.6. The van der Waals surface area contributed by atoms with E-state index in [0.717, 1.165) is 40.6 Å². The quantitative estimate of drug-likeness (QED) is 0.228. The Labute approximate surface area is 193 Å². The normalized spacial score (nSPS) is 11.6. The Hall–Kier alpha value is -3.90. The molecule has 3 aromatic carbocycles. The summed E-state index contributed by atoms with van der Waals surface area (Å²) in [6.07, 6.45) is 1.94. The van der Waals surface area contributed by atoms with Gasteiger partial charge in [0.05, 0.1) is 17.0 Å². The third-order valence-corrected chi connectivity index (χ3v) is 5.55. The molecule has 0 unspecified atom stereocenters. The minimum Gasteiger partial charge on any atom is -0.494 e. The van der Waals surface area contributed by atoms with Crippen LogP contribution in [0.25, 0.3) is 10.9 Å². The van der Waals surface area contributed by atoms with Gasteiger partial charge >= 0.3 is 0 Å². The van der Waals surface area contributed by atoms with Crippen LogP contribution in [0.2, 0.25) is 0 Å². The van der Waals surface area contributed by atoms with Crippen LogP contribution >= 0.6 is 0 Å². The second kappa shape index (κ2) is 10.1. The lowest BCUT2D eigenvalue weighted by molar-refractivity contribution is 0.0953. The van der Waals surface area contributed by atoms with Crippen molar-refractivity contribution < 1.29 is 9.90 Å². The Bertz CT molecular complexity index is 1270. The number of carbonyl (C=O) groups excluding carboxylic acids is 1. The molecule has 6 heteroatoms. The van der Waals surface area contributed by atoms with Crippen molar-refractivity contribution in [2.24, 2.45) is 10.7 Å². The summed E-state index contributed by atoms with van der Waals surface area (Å²) in [6, 6.07) is 22.8. The number of amides is 1. The molecule has 33 heavy (non-hydrogen) atoms. The lowest BCUT2D eigenvalue weighted by atomic mass is 9.99.